The van der Waals surface area contributed by atoms with Crippen LogP contribution in [0.15, 0.2) is 77.7 Å². The van der Waals surface area contributed by atoms with E-state index in [0.29, 0.717) is 25.9 Å². The van der Waals surface area contributed by atoms with Gasteiger partial charge in [0, 0.05) is 31.7 Å². The van der Waals surface area contributed by atoms with Crippen molar-refractivity contribution < 1.29 is 27.1 Å². The number of morpholine rings is 1. The van der Waals surface area contributed by atoms with Crippen LogP contribution in [-0.4, -0.2) is 57.4 Å². The summed E-state index contributed by atoms with van der Waals surface area (Å²) >= 11 is 0. The van der Waals surface area contributed by atoms with Gasteiger partial charge in [0.1, 0.15) is 18.2 Å². The number of carbonyl (C=O) groups excluding carboxylic acids is 1. The number of sulfonamides is 1. The number of carbonyl (C=O) groups is 1. The van der Waals surface area contributed by atoms with Gasteiger partial charge in [0.15, 0.2) is 5.78 Å². The van der Waals surface area contributed by atoms with Crippen LogP contribution in [0.4, 0.5) is 10.1 Å². The summed E-state index contributed by atoms with van der Waals surface area (Å²) in [5.41, 5.74) is 3.19. The van der Waals surface area contributed by atoms with Crippen LogP contribution in [0.3, 0.4) is 0 Å². The quantitative estimate of drug-likeness (QED) is 0.366. The van der Waals surface area contributed by atoms with E-state index in [-0.39, 0.29) is 23.6 Å². The molecule has 206 valence electrons. The first-order valence-corrected chi connectivity index (χ1v) is 14.8. The van der Waals surface area contributed by atoms with E-state index in [0.717, 1.165) is 61.0 Å². The highest BCUT2D eigenvalue weighted by Crippen LogP contribution is 2.28. The molecule has 2 saturated heterocycles. The molecule has 0 spiro atoms. The Morgan fingerprint density at radius 1 is 0.949 bits per heavy atom. The third-order valence-electron chi connectivity index (χ3n) is 7.25. The second kappa shape index (κ2) is 12.3. The third-order valence-corrected chi connectivity index (χ3v) is 9.17. The number of hydrogen-bond donors (Lipinski definition) is 0. The van der Waals surface area contributed by atoms with Gasteiger partial charge in [-0.2, -0.15) is 4.31 Å². The van der Waals surface area contributed by atoms with E-state index in [4.69, 9.17) is 9.47 Å². The summed E-state index contributed by atoms with van der Waals surface area (Å²) in [7, 11) is -3.87. The van der Waals surface area contributed by atoms with Crippen LogP contribution in [0, 0.1) is 5.82 Å². The summed E-state index contributed by atoms with van der Waals surface area (Å²) in [6, 6.07) is 20.0. The van der Waals surface area contributed by atoms with Crippen LogP contribution in [-0.2, 0) is 32.6 Å². The zero-order valence-corrected chi connectivity index (χ0v) is 22.6. The minimum atomic E-state index is -3.87. The topological polar surface area (TPSA) is 76.2 Å². The van der Waals surface area contributed by atoms with E-state index < -0.39 is 21.9 Å². The maximum Gasteiger partial charge on any atom is 0.243 e. The monoisotopic (exact) mass is 552 g/mol. The summed E-state index contributed by atoms with van der Waals surface area (Å²) in [4.78, 5) is 15.4. The Balaban J connectivity index is 1.17. The van der Waals surface area contributed by atoms with Crippen molar-refractivity contribution in [3.63, 3.8) is 0 Å². The minimum Gasteiger partial charge on any atom is -0.489 e. The molecule has 39 heavy (non-hydrogen) atoms. The fourth-order valence-corrected chi connectivity index (χ4v) is 6.83. The molecule has 2 aliphatic heterocycles. The minimum absolute atomic E-state index is 0.00364. The molecule has 1 atom stereocenters. The molecule has 2 heterocycles. The van der Waals surface area contributed by atoms with Crippen LogP contribution in [0.2, 0.25) is 0 Å². The first-order valence-electron chi connectivity index (χ1n) is 13.3. The Bertz CT molecular complexity index is 1390. The van der Waals surface area contributed by atoms with E-state index in [1.54, 1.807) is 0 Å². The lowest BCUT2D eigenvalue weighted by Crippen LogP contribution is -2.40. The maximum absolute atomic E-state index is 13.3. The number of anilines is 1. The predicted octanol–water partition coefficient (Wildman–Crippen LogP) is 4.60. The van der Waals surface area contributed by atoms with E-state index in [1.807, 2.05) is 36.4 Å². The molecule has 0 aromatic heterocycles. The van der Waals surface area contributed by atoms with Gasteiger partial charge in [-0.25, -0.2) is 12.8 Å². The fraction of sp³-hybridized carbons (Fsp3) is 0.367. The molecule has 7 nitrogen and oxygen atoms in total. The smallest absolute Gasteiger partial charge is 0.243 e. The van der Waals surface area contributed by atoms with Gasteiger partial charge in [-0.05, 0) is 78.9 Å². The molecule has 3 aromatic rings. The second-order valence-electron chi connectivity index (χ2n) is 9.90. The van der Waals surface area contributed by atoms with Gasteiger partial charge in [0.25, 0.3) is 0 Å². The fourth-order valence-electron chi connectivity index (χ4n) is 5.15. The highest BCUT2D eigenvalue weighted by molar-refractivity contribution is 7.89. The van der Waals surface area contributed by atoms with Gasteiger partial charge in [0.2, 0.25) is 10.0 Å². The number of aryl methyl sites for hydroxylation is 1. The SMILES string of the molecule is O=C(CCc1cccc(OCc2cccc(N3CCOCC3)c2)c1)[C@@H]1CCCN1S(=O)(=O)c1ccc(F)cc1. The summed E-state index contributed by atoms with van der Waals surface area (Å²) in [6.45, 7) is 3.94. The van der Waals surface area contributed by atoms with Crippen molar-refractivity contribution in [3.8, 4) is 5.75 Å². The van der Waals surface area contributed by atoms with E-state index in [2.05, 4.69) is 17.0 Å². The molecule has 0 aliphatic carbocycles. The van der Waals surface area contributed by atoms with Gasteiger partial charge in [0.05, 0.1) is 24.2 Å². The number of benzene rings is 3. The Labute approximate surface area is 229 Å². The van der Waals surface area contributed by atoms with Crippen LogP contribution < -0.4 is 9.64 Å². The highest BCUT2D eigenvalue weighted by Gasteiger charge is 2.38. The van der Waals surface area contributed by atoms with Gasteiger partial charge in [-0.15, -0.1) is 0 Å². The predicted molar refractivity (Wildman–Crippen MR) is 147 cm³/mol. The van der Waals surface area contributed by atoms with Crippen molar-refractivity contribution in [2.75, 3.05) is 37.7 Å². The molecule has 0 radical (unpaired) electrons. The van der Waals surface area contributed by atoms with Crippen LogP contribution in [0.1, 0.15) is 30.4 Å². The third kappa shape index (κ3) is 6.66. The van der Waals surface area contributed by atoms with Crippen LogP contribution >= 0.6 is 0 Å². The number of Topliss-reactive ketones (excluding diaryl/α,β-unsaturated/α-hetero) is 1. The zero-order valence-electron chi connectivity index (χ0n) is 21.8. The number of ketones is 1. The molecule has 3 aromatic carbocycles. The van der Waals surface area contributed by atoms with Crippen LogP contribution in [0.25, 0.3) is 0 Å². The van der Waals surface area contributed by atoms with Crippen molar-refractivity contribution in [1.29, 1.82) is 0 Å². The lowest BCUT2D eigenvalue weighted by atomic mass is 10.0. The van der Waals surface area contributed by atoms with E-state index in [1.165, 1.54) is 16.4 Å². The molecule has 0 N–H and O–H groups in total. The van der Waals surface area contributed by atoms with Crippen molar-refractivity contribution in [1.82, 2.24) is 4.31 Å². The standard InChI is InChI=1S/C30H33FN2O5S/c31-25-10-12-28(13-11-25)39(35,36)33-15-3-8-29(33)30(34)14-9-23-4-2-7-27(21-23)38-22-24-5-1-6-26(20-24)32-16-18-37-19-17-32/h1-2,4-7,10-13,20-21,29H,3,8-9,14-19,22H2/t29-/m0/s1. The molecule has 2 aliphatic rings. The van der Waals surface area contributed by atoms with Crippen molar-refractivity contribution in [2.45, 2.75) is 43.2 Å². The van der Waals surface area contributed by atoms with Crippen molar-refractivity contribution in [3.05, 3.63) is 89.7 Å². The average Bonchev–Trinajstić information content (AvgIpc) is 3.47. The Kier molecular flexibility index (Phi) is 8.60. The van der Waals surface area contributed by atoms with Gasteiger partial charge < -0.3 is 14.4 Å². The van der Waals surface area contributed by atoms with Gasteiger partial charge >= 0.3 is 0 Å². The molecule has 2 fully saturated rings. The first-order chi connectivity index (χ1) is 18.9. The summed E-state index contributed by atoms with van der Waals surface area (Å²) in [5, 5.41) is 0. The second-order valence-corrected chi connectivity index (χ2v) is 11.8. The van der Waals surface area contributed by atoms with Crippen molar-refractivity contribution >= 4 is 21.5 Å². The number of ether oxygens (including phenoxy) is 2. The molecule has 0 bridgehead atoms. The molecule has 0 unspecified atom stereocenters. The van der Waals surface area contributed by atoms with E-state index >= 15 is 0 Å². The lowest BCUT2D eigenvalue weighted by Gasteiger charge is -2.29. The van der Waals surface area contributed by atoms with Gasteiger partial charge in [-0.3, -0.25) is 4.79 Å². The largest absolute Gasteiger partial charge is 0.489 e. The molecular weight excluding hydrogens is 519 g/mol. The first kappa shape index (κ1) is 27.3. The zero-order chi connectivity index (χ0) is 27.2. The number of nitrogens with zero attached hydrogens (tertiary/aromatic N) is 2. The van der Waals surface area contributed by atoms with E-state index in [9.17, 15) is 17.6 Å². The number of rotatable bonds is 10. The summed E-state index contributed by atoms with van der Waals surface area (Å²) in [6.07, 6.45) is 1.83. The molecular formula is C30H33FN2O5S. The summed E-state index contributed by atoms with van der Waals surface area (Å²) < 4.78 is 52.3. The Morgan fingerprint density at radius 2 is 1.69 bits per heavy atom. The number of halogens is 1. The highest BCUT2D eigenvalue weighted by atomic mass is 32.2. The number of hydrogen-bond acceptors (Lipinski definition) is 6. The maximum atomic E-state index is 13.3. The molecule has 0 amide bonds. The molecule has 0 saturated carbocycles. The van der Waals surface area contributed by atoms with Gasteiger partial charge in [-0.1, -0.05) is 24.3 Å². The lowest BCUT2D eigenvalue weighted by molar-refractivity contribution is -0.122. The van der Waals surface area contributed by atoms with Crippen molar-refractivity contribution in [2.24, 2.45) is 0 Å². The molecule has 5 rings (SSSR count). The Hall–Kier alpha value is -3.27. The van der Waals surface area contributed by atoms with Crippen LogP contribution in [0.5, 0.6) is 5.75 Å². The normalized spacial score (nSPS) is 18.3. The Morgan fingerprint density at radius 3 is 2.49 bits per heavy atom. The average molecular weight is 553 g/mol. The summed E-state index contributed by atoms with van der Waals surface area (Å²) in [5.74, 6) is 0.109. The molecule has 9 heteroatoms.